The van der Waals surface area contributed by atoms with Crippen molar-refractivity contribution in [3.8, 4) is 11.3 Å². The fourth-order valence-electron chi connectivity index (χ4n) is 2.61. The Morgan fingerprint density at radius 2 is 1.93 bits per heavy atom. The summed E-state index contributed by atoms with van der Waals surface area (Å²) in [5.41, 5.74) is 2.52. The number of benzene rings is 1. The largest absolute Gasteiger partial charge is 0.433 e. The highest BCUT2D eigenvalue weighted by Crippen LogP contribution is 2.32. The molecular weight excluding hydrogens is 410 g/mol. The molecule has 2 aromatic rings. The van der Waals surface area contributed by atoms with Crippen molar-refractivity contribution in [1.29, 1.82) is 0 Å². The Balaban J connectivity index is 1.70. The lowest BCUT2D eigenvalue weighted by Crippen LogP contribution is -2.22. The number of allylic oxidation sites excluding steroid dienone is 2. The highest BCUT2D eigenvalue weighted by Gasteiger charge is 2.34. The van der Waals surface area contributed by atoms with Crippen LogP contribution in [0.4, 0.5) is 17.6 Å². The third kappa shape index (κ3) is 6.18. The fraction of sp³-hybridized carbons (Fsp3) is 0.316. The first-order chi connectivity index (χ1) is 13.8. The molecule has 1 heterocycles. The minimum Gasteiger partial charge on any atom is -0.343 e. The lowest BCUT2D eigenvalue weighted by molar-refractivity contribution is -0.146. The van der Waals surface area contributed by atoms with Crippen molar-refractivity contribution in [2.75, 3.05) is 5.75 Å². The van der Waals surface area contributed by atoms with Crippen molar-refractivity contribution < 1.29 is 27.2 Å². The number of hydrogen-bond acceptors (Lipinski definition) is 6. The van der Waals surface area contributed by atoms with Gasteiger partial charge in [0.15, 0.2) is 5.16 Å². The number of nitrogens with zero attached hydrogens (tertiary/aromatic N) is 2. The molecule has 0 atom stereocenters. The van der Waals surface area contributed by atoms with E-state index in [1.54, 1.807) is 0 Å². The van der Waals surface area contributed by atoms with Crippen LogP contribution in [0.3, 0.4) is 0 Å². The van der Waals surface area contributed by atoms with Crippen LogP contribution in [0.1, 0.15) is 31.4 Å². The average molecular weight is 427 g/mol. The van der Waals surface area contributed by atoms with Crippen molar-refractivity contribution in [2.24, 2.45) is 0 Å². The van der Waals surface area contributed by atoms with Gasteiger partial charge in [0.25, 0.3) is 0 Å². The normalized spacial score (nSPS) is 14.3. The van der Waals surface area contributed by atoms with Gasteiger partial charge in [-0.15, -0.1) is 0 Å². The van der Waals surface area contributed by atoms with Crippen LogP contribution >= 0.6 is 11.8 Å². The van der Waals surface area contributed by atoms with Gasteiger partial charge < -0.3 is 4.84 Å². The Kier molecular flexibility index (Phi) is 6.73. The molecule has 1 aromatic heterocycles. The second-order valence-electron chi connectivity index (χ2n) is 6.27. The van der Waals surface area contributed by atoms with Gasteiger partial charge in [0.2, 0.25) is 0 Å². The van der Waals surface area contributed by atoms with Crippen molar-refractivity contribution in [3.05, 3.63) is 53.6 Å². The summed E-state index contributed by atoms with van der Waals surface area (Å²) < 4.78 is 52.6. The summed E-state index contributed by atoms with van der Waals surface area (Å²) in [6, 6.07) is 5.68. The van der Waals surface area contributed by atoms with E-state index in [2.05, 4.69) is 15.4 Å². The van der Waals surface area contributed by atoms with Crippen LogP contribution in [-0.4, -0.2) is 21.7 Å². The number of halogens is 4. The smallest absolute Gasteiger partial charge is 0.343 e. The molecule has 0 saturated heterocycles. The summed E-state index contributed by atoms with van der Waals surface area (Å²) in [5.74, 6) is -1.45. The summed E-state index contributed by atoms with van der Waals surface area (Å²) in [5, 5.41) is -0.229. The molecule has 1 aliphatic rings. The molecule has 1 N–H and O–H groups in total. The van der Waals surface area contributed by atoms with Gasteiger partial charge in [-0.2, -0.15) is 13.2 Å². The van der Waals surface area contributed by atoms with Crippen LogP contribution in [-0.2, 0) is 15.8 Å². The van der Waals surface area contributed by atoms with E-state index < -0.39 is 23.7 Å². The summed E-state index contributed by atoms with van der Waals surface area (Å²) in [6.07, 6.45) is 1.00. The quantitative estimate of drug-likeness (QED) is 0.306. The Morgan fingerprint density at radius 1 is 1.17 bits per heavy atom. The lowest BCUT2D eigenvalue weighted by Gasteiger charge is -2.14. The number of hydrogen-bond donors (Lipinski definition) is 1. The monoisotopic (exact) mass is 427 g/mol. The van der Waals surface area contributed by atoms with Gasteiger partial charge in [-0.25, -0.2) is 24.6 Å². The predicted molar refractivity (Wildman–Crippen MR) is 98.9 cm³/mol. The molecule has 154 valence electrons. The maximum absolute atomic E-state index is 13.2. The maximum atomic E-state index is 13.2. The number of nitrogens with one attached hydrogen (secondary N) is 1. The Labute approximate surface area is 168 Å². The van der Waals surface area contributed by atoms with E-state index in [4.69, 9.17) is 4.84 Å². The van der Waals surface area contributed by atoms with E-state index in [-0.39, 0.29) is 16.6 Å². The van der Waals surface area contributed by atoms with Gasteiger partial charge in [-0.05, 0) is 56.0 Å². The van der Waals surface area contributed by atoms with Gasteiger partial charge in [-0.1, -0.05) is 17.8 Å². The Bertz CT molecular complexity index is 901. The summed E-state index contributed by atoms with van der Waals surface area (Å²) in [4.78, 5) is 24.4. The van der Waals surface area contributed by atoms with Crippen molar-refractivity contribution >= 4 is 17.7 Å². The van der Waals surface area contributed by atoms with Crippen molar-refractivity contribution in [3.63, 3.8) is 0 Å². The molecule has 10 heteroatoms. The molecular formula is C19H17F4N3O2S. The molecule has 0 saturated carbocycles. The number of hydroxylamine groups is 1. The van der Waals surface area contributed by atoms with Crippen LogP contribution in [0.15, 0.2) is 47.3 Å². The molecule has 1 aromatic carbocycles. The summed E-state index contributed by atoms with van der Waals surface area (Å²) in [7, 11) is 0. The minimum atomic E-state index is -4.69. The first kappa shape index (κ1) is 21.1. The number of carbonyl (C=O) groups excluding carboxylic acids is 1. The average Bonchev–Trinajstić information content (AvgIpc) is 2.71. The van der Waals surface area contributed by atoms with E-state index in [1.165, 1.54) is 12.1 Å². The van der Waals surface area contributed by atoms with Crippen LogP contribution in [0.5, 0.6) is 0 Å². The number of alkyl halides is 3. The van der Waals surface area contributed by atoms with Crippen LogP contribution in [0, 0.1) is 5.82 Å². The molecule has 5 nitrogen and oxygen atoms in total. The van der Waals surface area contributed by atoms with Gasteiger partial charge in [-0.3, -0.25) is 0 Å². The summed E-state index contributed by atoms with van der Waals surface area (Å²) in [6.45, 7) is 0. The topological polar surface area (TPSA) is 64.1 Å². The number of aromatic nitrogens is 2. The van der Waals surface area contributed by atoms with Gasteiger partial charge in [0, 0.05) is 11.3 Å². The van der Waals surface area contributed by atoms with Gasteiger partial charge >= 0.3 is 12.1 Å². The molecule has 1 aliphatic carbocycles. The van der Waals surface area contributed by atoms with Crippen molar-refractivity contribution in [1.82, 2.24) is 15.4 Å². The maximum Gasteiger partial charge on any atom is 0.433 e. The van der Waals surface area contributed by atoms with E-state index in [0.29, 0.717) is 5.56 Å². The molecule has 0 bridgehead atoms. The lowest BCUT2D eigenvalue weighted by atomic mass is 10.1. The van der Waals surface area contributed by atoms with Crippen LogP contribution in [0.2, 0.25) is 0 Å². The number of thioether (sulfide) groups is 1. The fourth-order valence-corrected chi connectivity index (χ4v) is 3.24. The molecule has 0 fully saturated rings. The molecule has 0 unspecified atom stereocenters. The van der Waals surface area contributed by atoms with Gasteiger partial charge in [0.05, 0.1) is 5.69 Å². The zero-order chi connectivity index (χ0) is 20.9. The van der Waals surface area contributed by atoms with E-state index in [1.807, 2.05) is 6.08 Å². The highest BCUT2D eigenvalue weighted by atomic mass is 32.2. The molecule has 0 aliphatic heterocycles. The third-order valence-corrected chi connectivity index (χ3v) is 4.86. The molecule has 29 heavy (non-hydrogen) atoms. The number of carbonyl (C=O) groups is 1. The van der Waals surface area contributed by atoms with E-state index in [9.17, 15) is 22.4 Å². The molecule has 0 spiro atoms. The Hall–Kier alpha value is -2.62. The SMILES string of the molecule is O=C(CSc1nc(-c2ccc(F)cc2)cc(C(F)(F)F)n1)ONC1=CCCCC1. The number of rotatable bonds is 6. The Morgan fingerprint density at radius 3 is 2.59 bits per heavy atom. The first-order valence-electron chi connectivity index (χ1n) is 8.81. The van der Waals surface area contributed by atoms with E-state index >= 15 is 0 Å². The van der Waals surface area contributed by atoms with Crippen LogP contribution in [0.25, 0.3) is 11.3 Å². The second kappa shape index (κ2) is 9.25. The zero-order valence-electron chi connectivity index (χ0n) is 15.1. The standard InChI is InChI=1S/C19H17F4N3O2S/c20-13-8-6-12(7-9-13)15-10-16(19(21,22)23)25-18(24-15)29-11-17(27)28-26-14-4-2-1-3-5-14/h4,6-10,26H,1-3,5,11H2. The van der Waals surface area contributed by atoms with Crippen LogP contribution < -0.4 is 5.48 Å². The van der Waals surface area contributed by atoms with Gasteiger partial charge in [0.1, 0.15) is 17.3 Å². The third-order valence-electron chi connectivity index (χ3n) is 4.04. The predicted octanol–water partition coefficient (Wildman–Crippen LogP) is 4.90. The van der Waals surface area contributed by atoms with Crippen molar-refractivity contribution in [2.45, 2.75) is 37.0 Å². The summed E-state index contributed by atoms with van der Waals surface area (Å²) >= 11 is 0.727. The molecule has 3 rings (SSSR count). The second-order valence-corrected chi connectivity index (χ2v) is 7.21. The first-order valence-corrected chi connectivity index (χ1v) is 9.79. The molecule has 0 amide bonds. The van der Waals surface area contributed by atoms with E-state index in [0.717, 1.165) is 61.3 Å². The molecule has 0 radical (unpaired) electrons. The minimum absolute atomic E-state index is 0.0197. The zero-order valence-corrected chi connectivity index (χ0v) is 15.9. The highest BCUT2D eigenvalue weighted by molar-refractivity contribution is 7.99.